The summed E-state index contributed by atoms with van der Waals surface area (Å²) >= 11 is 5.75. The third-order valence-corrected chi connectivity index (χ3v) is 4.26. The van der Waals surface area contributed by atoms with Crippen LogP contribution in [0.3, 0.4) is 0 Å². The van der Waals surface area contributed by atoms with E-state index in [1.807, 2.05) is 26.1 Å². The highest BCUT2D eigenvalue weighted by Gasteiger charge is 2.26. The predicted octanol–water partition coefficient (Wildman–Crippen LogP) is 2.03. The van der Waals surface area contributed by atoms with Crippen LogP contribution in [-0.4, -0.2) is 39.0 Å². The Morgan fingerprint density at radius 1 is 1.30 bits per heavy atom. The molecule has 0 aliphatic carbocycles. The summed E-state index contributed by atoms with van der Waals surface area (Å²) in [6.07, 6.45) is 1.57. The average Bonchev–Trinajstić information content (AvgIpc) is 2.86. The molecule has 1 saturated heterocycles. The number of aryl methyl sites for hydroxylation is 2. The molecule has 1 N–H and O–H groups in total. The summed E-state index contributed by atoms with van der Waals surface area (Å²) in [5, 5.41) is 15.5. The highest BCUT2D eigenvalue weighted by molar-refractivity contribution is 6.29. The molecule has 122 valence electrons. The zero-order valence-electron chi connectivity index (χ0n) is 13.2. The van der Waals surface area contributed by atoms with Gasteiger partial charge in [-0.2, -0.15) is 5.10 Å². The van der Waals surface area contributed by atoms with E-state index in [0.717, 1.165) is 43.3 Å². The Bertz CT molecular complexity index is 690. The first-order valence-corrected chi connectivity index (χ1v) is 7.96. The van der Waals surface area contributed by atoms with Crippen molar-refractivity contribution in [3.8, 4) is 0 Å². The van der Waals surface area contributed by atoms with Crippen molar-refractivity contribution in [2.75, 3.05) is 23.3 Å². The molecule has 1 fully saturated rings. The van der Waals surface area contributed by atoms with Crippen molar-refractivity contribution >= 4 is 29.1 Å². The van der Waals surface area contributed by atoms with Gasteiger partial charge in [-0.15, -0.1) is 10.2 Å². The molecule has 3 rings (SSSR count). The molecule has 7 nitrogen and oxygen atoms in total. The minimum absolute atomic E-state index is 0.00159. The number of carbonyl (C=O) groups is 1. The van der Waals surface area contributed by atoms with E-state index in [0.29, 0.717) is 5.15 Å². The van der Waals surface area contributed by atoms with Gasteiger partial charge in [0.15, 0.2) is 11.0 Å². The predicted molar refractivity (Wildman–Crippen MR) is 88.6 cm³/mol. The number of hydrogen-bond acceptors (Lipinski definition) is 5. The van der Waals surface area contributed by atoms with E-state index in [1.54, 1.807) is 10.7 Å². The summed E-state index contributed by atoms with van der Waals surface area (Å²) in [6, 6.07) is 5.46. The van der Waals surface area contributed by atoms with E-state index in [4.69, 9.17) is 11.6 Å². The second kappa shape index (κ2) is 6.54. The van der Waals surface area contributed by atoms with Crippen LogP contribution in [0.5, 0.6) is 0 Å². The van der Waals surface area contributed by atoms with E-state index in [9.17, 15) is 4.79 Å². The molecule has 0 bridgehead atoms. The average molecular weight is 335 g/mol. The normalized spacial score (nSPS) is 15.7. The largest absolute Gasteiger partial charge is 0.355 e. The van der Waals surface area contributed by atoms with Crippen LogP contribution < -0.4 is 10.2 Å². The Balaban J connectivity index is 1.57. The Hall–Kier alpha value is -2.15. The highest BCUT2D eigenvalue weighted by Crippen LogP contribution is 2.23. The van der Waals surface area contributed by atoms with Gasteiger partial charge in [-0.25, -0.2) is 0 Å². The van der Waals surface area contributed by atoms with E-state index in [2.05, 4.69) is 25.5 Å². The van der Waals surface area contributed by atoms with Crippen molar-refractivity contribution in [2.45, 2.75) is 19.8 Å². The molecule has 23 heavy (non-hydrogen) atoms. The van der Waals surface area contributed by atoms with Gasteiger partial charge in [-0.3, -0.25) is 9.48 Å². The fourth-order valence-electron chi connectivity index (χ4n) is 2.80. The van der Waals surface area contributed by atoms with Gasteiger partial charge in [0.2, 0.25) is 5.91 Å². The van der Waals surface area contributed by atoms with E-state index < -0.39 is 0 Å². The van der Waals surface area contributed by atoms with Crippen molar-refractivity contribution in [1.82, 2.24) is 20.0 Å². The van der Waals surface area contributed by atoms with Gasteiger partial charge < -0.3 is 10.2 Å². The molecule has 2 aromatic rings. The fraction of sp³-hybridized carbons (Fsp3) is 0.467. The van der Waals surface area contributed by atoms with Gasteiger partial charge in [-0.1, -0.05) is 11.6 Å². The maximum absolute atomic E-state index is 12.4. The molecule has 1 aliphatic rings. The molecule has 8 heteroatoms. The zero-order chi connectivity index (χ0) is 16.4. The topological polar surface area (TPSA) is 75.9 Å². The molecule has 2 aromatic heterocycles. The number of nitrogens with zero attached hydrogens (tertiary/aromatic N) is 5. The maximum Gasteiger partial charge on any atom is 0.228 e. The van der Waals surface area contributed by atoms with Crippen LogP contribution in [0, 0.1) is 12.8 Å². The summed E-state index contributed by atoms with van der Waals surface area (Å²) < 4.78 is 1.69. The third-order valence-electron chi connectivity index (χ3n) is 4.06. The van der Waals surface area contributed by atoms with Crippen molar-refractivity contribution in [3.63, 3.8) is 0 Å². The standard InChI is InChI=1S/C15H19ClN6O/c1-10-9-14(21(2)20-10)17-15(23)11-5-7-22(8-6-11)13-4-3-12(16)18-19-13/h3-4,9,11H,5-8H2,1-2H3,(H,17,23). The van der Waals surface area contributed by atoms with Crippen LogP contribution >= 0.6 is 11.6 Å². The monoisotopic (exact) mass is 334 g/mol. The molecule has 0 spiro atoms. The van der Waals surface area contributed by atoms with Gasteiger partial charge in [0.1, 0.15) is 5.82 Å². The first-order chi connectivity index (χ1) is 11.0. The van der Waals surface area contributed by atoms with Crippen molar-refractivity contribution in [3.05, 3.63) is 29.0 Å². The Morgan fingerprint density at radius 3 is 2.61 bits per heavy atom. The molecule has 0 atom stereocenters. The molecule has 0 radical (unpaired) electrons. The lowest BCUT2D eigenvalue weighted by Crippen LogP contribution is -2.38. The van der Waals surface area contributed by atoms with E-state index >= 15 is 0 Å². The molecular weight excluding hydrogens is 316 g/mol. The molecule has 0 unspecified atom stereocenters. The summed E-state index contributed by atoms with van der Waals surface area (Å²) in [7, 11) is 1.82. The number of rotatable bonds is 3. The molecular formula is C15H19ClN6O. The first kappa shape index (κ1) is 15.7. The summed E-state index contributed by atoms with van der Waals surface area (Å²) in [6.45, 7) is 3.46. The Labute approximate surface area is 139 Å². The second-order valence-electron chi connectivity index (χ2n) is 5.76. The second-order valence-corrected chi connectivity index (χ2v) is 6.15. The molecule has 3 heterocycles. The first-order valence-electron chi connectivity index (χ1n) is 7.58. The van der Waals surface area contributed by atoms with Crippen LogP contribution in [-0.2, 0) is 11.8 Å². The Morgan fingerprint density at radius 2 is 2.04 bits per heavy atom. The number of carbonyl (C=O) groups excluding carboxylic acids is 1. The maximum atomic E-state index is 12.4. The number of hydrogen-bond donors (Lipinski definition) is 1. The lowest BCUT2D eigenvalue weighted by atomic mass is 9.96. The lowest BCUT2D eigenvalue weighted by Gasteiger charge is -2.31. The highest BCUT2D eigenvalue weighted by atomic mass is 35.5. The van der Waals surface area contributed by atoms with Gasteiger partial charge >= 0.3 is 0 Å². The van der Waals surface area contributed by atoms with Crippen LogP contribution in [0.4, 0.5) is 11.6 Å². The number of amides is 1. The van der Waals surface area contributed by atoms with Crippen LogP contribution in [0.15, 0.2) is 18.2 Å². The van der Waals surface area contributed by atoms with E-state index in [1.165, 1.54) is 0 Å². The smallest absolute Gasteiger partial charge is 0.228 e. The van der Waals surface area contributed by atoms with Gasteiger partial charge in [0.05, 0.1) is 5.69 Å². The van der Waals surface area contributed by atoms with E-state index in [-0.39, 0.29) is 11.8 Å². The molecule has 1 amide bonds. The SMILES string of the molecule is Cc1cc(NC(=O)C2CCN(c3ccc(Cl)nn3)CC2)n(C)n1. The summed E-state index contributed by atoms with van der Waals surface area (Å²) in [4.78, 5) is 14.5. The fourth-order valence-corrected chi connectivity index (χ4v) is 2.91. The van der Waals surface area contributed by atoms with Gasteiger partial charge in [0, 0.05) is 32.1 Å². The Kier molecular flexibility index (Phi) is 4.47. The van der Waals surface area contributed by atoms with Crippen LogP contribution in [0.1, 0.15) is 18.5 Å². The van der Waals surface area contributed by atoms with Crippen molar-refractivity contribution in [1.29, 1.82) is 0 Å². The van der Waals surface area contributed by atoms with Crippen molar-refractivity contribution < 1.29 is 4.79 Å². The molecule has 0 saturated carbocycles. The lowest BCUT2D eigenvalue weighted by molar-refractivity contribution is -0.120. The quantitative estimate of drug-likeness (QED) is 0.929. The van der Waals surface area contributed by atoms with Gasteiger partial charge in [-0.05, 0) is 31.9 Å². The third kappa shape index (κ3) is 3.61. The van der Waals surface area contributed by atoms with Crippen LogP contribution in [0.25, 0.3) is 0 Å². The zero-order valence-corrected chi connectivity index (χ0v) is 13.9. The minimum Gasteiger partial charge on any atom is -0.355 e. The number of halogens is 1. The number of aromatic nitrogens is 4. The minimum atomic E-state index is 0.00159. The summed E-state index contributed by atoms with van der Waals surface area (Å²) in [5.74, 6) is 1.59. The van der Waals surface area contributed by atoms with Gasteiger partial charge in [0.25, 0.3) is 0 Å². The molecule has 0 aromatic carbocycles. The number of nitrogens with one attached hydrogen (secondary N) is 1. The summed E-state index contributed by atoms with van der Waals surface area (Å²) in [5.41, 5.74) is 0.888. The molecule has 1 aliphatic heterocycles. The van der Waals surface area contributed by atoms with Crippen LogP contribution in [0.2, 0.25) is 5.15 Å². The van der Waals surface area contributed by atoms with Crippen molar-refractivity contribution in [2.24, 2.45) is 13.0 Å². The number of anilines is 2. The number of piperidine rings is 1.